The van der Waals surface area contributed by atoms with Gasteiger partial charge in [0.15, 0.2) is 11.5 Å². The third-order valence-corrected chi connectivity index (χ3v) is 3.87. The van der Waals surface area contributed by atoms with Gasteiger partial charge in [-0.15, -0.1) is 0 Å². The lowest BCUT2D eigenvalue weighted by molar-refractivity contribution is -0.162. The van der Waals surface area contributed by atoms with E-state index in [1.54, 1.807) is 12.1 Å². The maximum Gasteiger partial charge on any atom is 0.411 e. The van der Waals surface area contributed by atoms with Gasteiger partial charge in [0.2, 0.25) is 5.75 Å². The van der Waals surface area contributed by atoms with Crippen molar-refractivity contribution in [2.45, 2.75) is 31.1 Å². The number of carbonyl (C=O) groups excluding carboxylic acids is 1. The largest absolute Gasteiger partial charge is 0.493 e. The molecule has 0 aromatic heterocycles. The van der Waals surface area contributed by atoms with E-state index >= 15 is 0 Å². The van der Waals surface area contributed by atoms with E-state index in [0.29, 0.717) is 22.8 Å². The predicted octanol–water partition coefficient (Wildman–Crippen LogP) is 2.61. The van der Waals surface area contributed by atoms with Crippen molar-refractivity contribution in [2.75, 3.05) is 21.3 Å². The number of nitrogens with one attached hydrogen (secondary N) is 2. The molecule has 1 saturated carbocycles. The van der Waals surface area contributed by atoms with Crippen molar-refractivity contribution >= 4 is 6.03 Å². The molecule has 1 aliphatic rings. The normalized spacial score (nSPS) is 15.4. The van der Waals surface area contributed by atoms with Gasteiger partial charge >= 0.3 is 12.2 Å². The Bertz CT molecular complexity index is 615. The van der Waals surface area contributed by atoms with Gasteiger partial charge in [0, 0.05) is 12.1 Å². The maximum atomic E-state index is 12.8. The molecule has 1 fully saturated rings. The van der Waals surface area contributed by atoms with Crippen LogP contribution in [0.3, 0.4) is 0 Å². The van der Waals surface area contributed by atoms with Crippen molar-refractivity contribution in [3.05, 3.63) is 17.7 Å². The first-order chi connectivity index (χ1) is 11.3. The molecule has 1 aromatic rings. The molecule has 2 amide bonds. The number of alkyl halides is 3. The first-order valence-electron chi connectivity index (χ1n) is 7.18. The Kier molecular flexibility index (Phi) is 5.00. The molecule has 0 spiro atoms. The summed E-state index contributed by atoms with van der Waals surface area (Å²) < 4.78 is 54.1. The zero-order chi connectivity index (χ0) is 18.0. The Hall–Kier alpha value is -2.32. The summed E-state index contributed by atoms with van der Waals surface area (Å²) >= 11 is 0. The van der Waals surface area contributed by atoms with E-state index < -0.39 is 17.7 Å². The molecule has 0 atom stereocenters. The standard InChI is InChI=1S/C15H19F3N2O4/c1-22-10-5-4-9(11(23-2)12(10)24-3)8-19-13(21)20-14(6-7-14)15(16,17)18/h4-5H,6-8H2,1-3H3,(H2,19,20,21). The molecule has 0 aliphatic heterocycles. The number of hydrogen-bond acceptors (Lipinski definition) is 4. The summed E-state index contributed by atoms with van der Waals surface area (Å²) in [4.78, 5) is 11.8. The average Bonchev–Trinajstić information content (AvgIpc) is 3.32. The molecule has 1 aliphatic carbocycles. The minimum absolute atomic E-state index is 0.0245. The molecular formula is C15H19F3N2O4. The smallest absolute Gasteiger partial charge is 0.411 e. The molecule has 0 saturated heterocycles. The summed E-state index contributed by atoms with van der Waals surface area (Å²) in [6.45, 7) is -0.0245. The Morgan fingerprint density at radius 3 is 2.21 bits per heavy atom. The molecule has 1 aromatic carbocycles. The summed E-state index contributed by atoms with van der Waals surface area (Å²) in [7, 11) is 4.32. The van der Waals surface area contributed by atoms with Crippen LogP contribution in [0.15, 0.2) is 12.1 Å². The van der Waals surface area contributed by atoms with Crippen molar-refractivity contribution in [1.82, 2.24) is 10.6 Å². The Labute approximate surface area is 137 Å². The topological polar surface area (TPSA) is 68.8 Å². The fourth-order valence-electron chi connectivity index (χ4n) is 2.34. The quantitative estimate of drug-likeness (QED) is 0.829. The van der Waals surface area contributed by atoms with Crippen LogP contribution in [0.2, 0.25) is 0 Å². The molecule has 24 heavy (non-hydrogen) atoms. The lowest BCUT2D eigenvalue weighted by atomic mass is 10.1. The third kappa shape index (κ3) is 3.44. The molecule has 0 heterocycles. The number of methoxy groups -OCH3 is 3. The number of benzene rings is 1. The molecule has 0 unspecified atom stereocenters. The molecule has 6 nitrogen and oxygen atoms in total. The maximum absolute atomic E-state index is 12.8. The van der Waals surface area contributed by atoms with Gasteiger partial charge in [-0.05, 0) is 25.0 Å². The minimum Gasteiger partial charge on any atom is -0.493 e. The number of ether oxygens (including phenoxy) is 3. The van der Waals surface area contributed by atoms with E-state index in [1.807, 2.05) is 5.32 Å². The van der Waals surface area contributed by atoms with E-state index in [-0.39, 0.29) is 19.4 Å². The highest BCUT2D eigenvalue weighted by atomic mass is 19.4. The second-order valence-electron chi connectivity index (χ2n) is 5.38. The van der Waals surface area contributed by atoms with E-state index in [0.717, 1.165) is 0 Å². The van der Waals surface area contributed by atoms with Crippen molar-refractivity contribution in [2.24, 2.45) is 0 Å². The van der Waals surface area contributed by atoms with Crippen molar-refractivity contribution in [3.63, 3.8) is 0 Å². The molecule has 134 valence electrons. The molecule has 0 radical (unpaired) electrons. The summed E-state index contributed by atoms with van der Waals surface area (Å²) in [5, 5.41) is 4.40. The zero-order valence-corrected chi connectivity index (χ0v) is 13.5. The van der Waals surface area contributed by atoms with Crippen LogP contribution >= 0.6 is 0 Å². The van der Waals surface area contributed by atoms with Crippen molar-refractivity contribution < 1.29 is 32.2 Å². The summed E-state index contributed by atoms with van der Waals surface area (Å²) in [6.07, 6.45) is -4.67. The van der Waals surface area contributed by atoms with Crippen LogP contribution < -0.4 is 24.8 Å². The highest BCUT2D eigenvalue weighted by Gasteiger charge is 2.64. The zero-order valence-electron chi connectivity index (χ0n) is 13.5. The van der Waals surface area contributed by atoms with Gasteiger partial charge in [-0.25, -0.2) is 4.79 Å². The third-order valence-electron chi connectivity index (χ3n) is 3.87. The predicted molar refractivity (Wildman–Crippen MR) is 79.5 cm³/mol. The number of urea groups is 1. The number of halogens is 3. The monoisotopic (exact) mass is 348 g/mol. The Balaban J connectivity index is 2.06. The lowest BCUT2D eigenvalue weighted by Gasteiger charge is -2.21. The number of hydrogen-bond donors (Lipinski definition) is 2. The average molecular weight is 348 g/mol. The Morgan fingerprint density at radius 1 is 1.12 bits per heavy atom. The molecule has 2 rings (SSSR count). The molecule has 2 N–H and O–H groups in total. The van der Waals surface area contributed by atoms with Gasteiger partial charge in [-0.1, -0.05) is 0 Å². The van der Waals surface area contributed by atoms with E-state index in [2.05, 4.69) is 5.32 Å². The second-order valence-corrected chi connectivity index (χ2v) is 5.38. The summed E-state index contributed by atoms with van der Waals surface area (Å²) in [5.74, 6) is 1.12. The first kappa shape index (κ1) is 18.0. The fraction of sp³-hybridized carbons (Fsp3) is 0.533. The van der Waals surface area contributed by atoms with Gasteiger partial charge < -0.3 is 24.8 Å². The van der Waals surface area contributed by atoms with Crippen molar-refractivity contribution in [1.29, 1.82) is 0 Å². The Morgan fingerprint density at radius 2 is 1.75 bits per heavy atom. The highest BCUT2D eigenvalue weighted by molar-refractivity contribution is 5.75. The lowest BCUT2D eigenvalue weighted by Crippen LogP contribution is -2.51. The minimum atomic E-state index is -4.45. The van der Waals surface area contributed by atoms with Gasteiger partial charge in [0.05, 0.1) is 21.3 Å². The van der Waals surface area contributed by atoms with Crippen LogP contribution in [-0.2, 0) is 6.54 Å². The summed E-state index contributed by atoms with van der Waals surface area (Å²) in [5.41, 5.74) is -1.55. The van der Waals surface area contributed by atoms with Gasteiger partial charge in [0.1, 0.15) is 5.54 Å². The highest BCUT2D eigenvalue weighted by Crippen LogP contribution is 2.48. The second kappa shape index (κ2) is 6.66. The van der Waals surface area contributed by atoms with Gasteiger partial charge in [-0.3, -0.25) is 0 Å². The van der Waals surface area contributed by atoms with Crippen LogP contribution in [0.1, 0.15) is 18.4 Å². The van der Waals surface area contributed by atoms with E-state index in [1.165, 1.54) is 21.3 Å². The number of rotatable bonds is 6. The van der Waals surface area contributed by atoms with Crippen LogP contribution in [-0.4, -0.2) is 39.1 Å². The van der Waals surface area contributed by atoms with Crippen LogP contribution in [0.4, 0.5) is 18.0 Å². The van der Waals surface area contributed by atoms with Crippen LogP contribution in [0.5, 0.6) is 17.2 Å². The SMILES string of the molecule is COc1ccc(CNC(=O)NC2(C(F)(F)F)CC2)c(OC)c1OC. The number of carbonyl (C=O) groups is 1. The van der Waals surface area contributed by atoms with Crippen LogP contribution in [0, 0.1) is 0 Å². The van der Waals surface area contributed by atoms with Gasteiger partial charge in [0.25, 0.3) is 0 Å². The summed E-state index contributed by atoms with van der Waals surface area (Å²) in [6, 6.07) is 2.37. The molecule has 9 heteroatoms. The molecule has 0 bridgehead atoms. The van der Waals surface area contributed by atoms with E-state index in [9.17, 15) is 18.0 Å². The molecular weight excluding hydrogens is 329 g/mol. The van der Waals surface area contributed by atoms with Crippen LogP contribution in [0.25, 0.3) is 0 Å². The fourth-order valence-corrected chi connectivity index (χ4v) is 2.34. The van der Waals surface area contributed by atoms with Gasteiger partial charge in [-0.2, -0.15) is 13.2 Å². The number of amides is 2. The first-order valence-corrected chi connectivity index (χ1v) is 7.18. The van der Waals surface area contributed by atoms with Crippen molar-refractivity contribution in [3.8, 4) is 17.2 Å². The van der Waals surface area contributed by atoms with E-state index in [4.69, 9.17) is 14.2 Å².